The molecule has 0 bridgehead atoms. The van der Waals surface area contributed by atoms with Crippen LogP contribution in [-0.4, -0.2) is 4.98 Å². The standard InChI is InChI=1S/C10H13BrN2/c1-6-4-8(5-13-10(6)11)9(12)7-2-3-7/h4-5,7,9H,2-3,12H2,1H3. The highest BCUT2D eigenvalue weighted by Gasteiger charge is 2.29. The van der Waals surface area contributed by atoms with Crippen molar-refractivity contribution in [3.63, 3.8) is 0 Å². The molecule has 1 aromatic rings. The second-order valence-corrected chi connectivity index (χ2v) is 4.49. The number of aromatic nitrogens is 1. The number of rotatable bonds is 2. The molecule has 1 heterocycles. The molecular weight excluding hydrogens is 228 g/mol. The average Bonchev–Trinajstić information content (AvgIpc) is 2.91. The van der Waals surface area contributed by atoms with E-state index in [9.17, 15) is 0 Å². The third kappa shape index (κ3) is 1.92. The van der Waals surface area contributed by atoms with E-state index in [1.165, 1.54) is 18.4 Å². The first kappa shape index (κ1) is 9.16. The Bertz CT molecular complexity index is 321. The van der Waals surface area contributed by atoms with E-state index in [1.807, 2.05) is 13.1 Å². The number of nitrogens with zero attached hydrogens (tertiary/aromatic N) is 1. The molecule has 1 aliphatic carbocycles. The van der Waals surface area contributed by atoms with Gasteiger partial charge in [0.1, 0.15) is 4.60 Å². The summed E-state index contributed by atoms with van der Waals surface area (Å²) < 4.78 is 0.916. The maximum atomic E-state index is 6.06. The quantitative estimate of drug-likeness (QED) is 0.808. The summed E-state index contributed by atoms with van der Waals surface area (Å²) in [6.45, 7) is 2.04. The number of hydrogen-bond donors (Lipinski definition) is 1. The number of hydrogen-bond acceptors (Lipinski definition) is 2. The van der Waals surface area contributed by atoms with Crippen molar-refractivity contribution in [1.82, 2.24) is 4.98 Å². The molecule has 0 spiro atoms. The summed E-state index contributed by atoms with van der Waals surface area (Å²) >= 11 is 3.38. The predicted octanol–water partition coefficient (Wildman–Crippen LogP) is 2.56. The van der Waals surface area contributed by atoms with Gasteiger partial charge in [-0.15, -0.1) is 0 Å². The van der Waals surface area contributed by atoms with E-state index < -0.39 is 0 Å². The van der Waals surface area contributed by atoms with Crippen molar-refractivity contribution in [3.05, 3.63) is 28.0 Å². The van der Waals surface area contributed by atoms with Crippen LogP contribution in [0.25, 0.3) is 0 Å². The van der Waals surface area contributed by atoms with Crippen LogP contribution in [0.15, 0.2) is 16.9 Å². The molecule has 1 saturated carbocycles. The van der Waals surface area contributed by atoms with Gasteiger partial charge in [-0.25, -0.2) is 4.98 Å². The zero-order chi connectivity index (χ0) is 9.42. The zero-order valence-corrected chi connectivity index (χ0v) is 9.21. The molecule has 0 aromatic carbocycles. The second-order valence-electron chi connectivity index (χ2n) is 3.74. The van der Waals surface area contributed by atoms with Gasteiger partial charge in [-0.05, 0) is 52.7 Å². The summed E-state index contributed by atoms with van der Waals surface area (Å²) in [5.74, 6) is 0.697. The number of pyridine rings is 1. The van der Waals surface area contributed by atoms with Gasteiger partial charge in [0.2, 0.25) is 0 Å². The van der Waals surface area contributed by atoms with Crippen molar-refractivity contribution in [2.45, 2.75) is 25.8 Å². The monoisotopic (exact) mass is 240 g/mol. The average molecular weight is 241 g/mol. The van der Waals surface area contributed by atoms with E-state index in [4.69, 9.17) is 5.73 Å². The molecule has 0 saturated heterocycles. The number of halogens is 1. The Morgan fingerprint density at radius 2 is 2.31 bits per heavy atom. The minimum atomic E-state index is 0.194. The summed E-state index contributed by atoms with van der Waals surface area (Å²) in [5, 5.41) is 0. The van der Waals surface area contributed by atoms with Crippen LogP contribution in [0.1, 0.15) is 30.0 Å². The van der Waals surface area contributed by atoms with E-state index >= 15 is 0 Å². The smallest absolute Gasteiger partial charge is 0.108 e. The molecule has 0 amide bonds. The highest BCUT2D eigenvalue weighted by Crippen LogP contribution is 2.39. The van der Waals surface area contributed by atoms with Gasteiger partial charge in [-0.1, -0.05) is 6.07 Å². The van der Waals surface area contributed by atoms with Gasteiger partial charge in [0.25, 0.3) is 0 Å². The van der Waals surface area contributed by atoms with Gasteiger partial charge < -0.3 is 5.73 Å². The predicted molar refractivity (Wildman–Crippen MR) is 56.3 cm³/mol. The Morgan fingerprint density at radius 1 is 1.62 bits per heavy atom. The lowest BCUT2D eigenvalue weighted by Crippen LogP contribution is -2.12. The fourth-order valence-corrected chi connectivity index (χ4v) is 1.71. The Balaban J connectivity index is 2.24. The maximum absolute atomic E-state index is 6.06. The molecule has 0 aliphatic heterocycles. The first-order valence-corrected chi connectivity index (χ1v) is 5.35. The van der Waals surface area contributed by atoms with Crippen molar-refractivity contribution < 1.29 is 0 Å². The van der Waals surface area contributed by atoms with Crippen LogP contribution >= 0.6 is 15.9 Å². The molecule has 1 atom stereocenters. The van der Waals surface area contributed by atoms with E-state index in [0.717, 1.165) is 10.2 Å². The third-order valence-corrected chi connectivity index (χ3v) is 3.38. The third-order valence-electron chi connectivity index (χ3n) is 2.55. The van der Waals surface area contributed by atoms with E-state index in [0.29, 0.717) is 5.92 Å². The van der Waals surface area contributed by atoms with E-state index in [1.54, 1.807) is 0 Å². The molecule has 0 radical (unpaired) electrons. The van der Waals surface area contributed by atoms with Crippen LogP contribution in [0, 0.1) is 12.8 Å². The normalized spacial score (nSPS) is 18.7. The fourth-order valence-electron chi connectivity index (χ4n) is 1.49. The summed E-state index contributed by atoms with van der Waals surface area (Å²) in [6, 6.07) is 2.32. The first-order valence-electron chi connectivity index (χ1n) is 4.56. The molecule has 70 valence electrons. The Hall–Kier alpha value is -0.410. The Morgan fingerprint density at radius 3 is 2.85 bits per heavy atom. The topological polar surface area (TPSA) is 38.9 Å². The molecule has 2 rings (SSSR count). The lowest BCUT2D eigenvalue weighted by molar-refractivity contribution is 0.630. The summed E-state index contributed by atoms with van der Waals surface area (Å²) in [6.07, 6.45) is 4.42. The lowest BCUT2D eigenvalue weighted by Gasteiger charge is -2.10. The molecule has 1 fully saturated rings. The van der Waals surface area contributed by atoms with E-state index in [-0.39, 0.29) is 6.04 Å². The minimum absolute atomic E-state index is 0.194. The van der Waals surface area contributed by atoms with Gasteiger partial charge in [-0.3, -0.25) is 0 Å². The van der Waals surface area contributed by atoms with Crippen molar-refractivity contribution >= 4 is 15.9 Å². The van der Waals surface area contributed by atoms with Crippen LogP contribution in [0.5, 0.6) is 0 Å². The van der Waals surface area contributed by atoms with Crippen molar-refractivity contribution in [3.8, 4) is 0 Å². The molecule has 1 aliphatic rings. The molecular formula is C10H13BrN2. The van der Waals surface area contributed by atoms with E-state index in [2.05, 4.69) is 27.0 Å². The van der Waals surface area contributed by atoms with Crippen LogP contribution in [0.4, 0.5) is 0 Å². The van der Waals surface area contributed by atoms with Crippen LogP contribution in [0.3, 0.4) is 0 Å². The molecule has 2 nitrogen and oxygen atoms in total. The molecule has 1 unspecified atom stereocenters. The minimum Gasteiger partial charge on any atom is -0.324 e. The molecule has 2 N–H and O–H groups in total. The largest absolute Gasteiger partial charge is 0.324 e. The van der Waals surface area contributed by atoms with Gasteiger partial charge in [0.05, 0.1) is 0 Å². The van der Waals surface area contributed by atoms with Gasteiger partial charge in [-0.2, -0.15) is 0 Å². The van der Waals surface area contributed by atoms with Crippen LogP contribution < -0.4 is 5.73 Å². The van der Waals surface area contributed by atoms with Crippen molar-refractivity contribution in [2.75, 3.05) is 0 Å². The maximum Gasteiger partial charge on any atom is 0.108 e. The van der Waals surface area contributed by atoms with Crippen LogP contribution in [0.2, 0.25) is 0 Å². The lowest BCUT2D eigenvalue weighted by atomic mass is 10.0. The van der Waals surface area contributed by atoms with Crippen molar-refractivity contribution in [1.29, 1.82) is 0 Å². The SMILES string of the molecule is Cc1cc(C(N)C2CC2)cnc1Br. The van der Waals surface area contributed by atoms with Gasteiger partial charge in [0.15, 0.2) is 0 Å². The van der Waals surface area contributed by atoms with Gasteiger partial charge >= 0.3 is 0 Å². The number of nitrogens with two attached hydrogens (primary N) is 1. The summed E-state index contributed by atoms with van der Waals surface area (Å²) in [7, 11) is 0. The van der Waals surface area contributed by atoms with Crippen LogP contribution in [-0.2, 0) is 0 Å². The molecule has 1 aromatic heterocycles. The fraction of sp³-hybridized carbons (Fsp3) is 0.500. The summed E-state index contributed by atoms with van der Waals surface area (Å²) in [5.41, 5.74) is 8.39. The molecule has 3 heteroatoms. The molecule has 13 heavy (non-hydrogen) atoms. The van der Waals surface area contributed by atoms with Crippen molar-refractivity contribution in [2.24, 2.45) is 11.7 Å². The first-order chi connectivity index (χ1) is 6.18. The Kier molecular flexibility index (Phi) is 2.39. The second kappa shape index (κ2) is 3.39. The Labute approximate surface area is 86.7 Å². The highest BCUT2D eigenvalue weighted by atomic mass is 79.9. The highest BCUT2D eigenvalue weighted by molar-refractivity contribution is 9.10. The van der Waals surface area contributed by atoms with Gasteiger partial charge in [0, 0.05) is 12.2 Å². The summed E-state index contributed by atoms with van der Waals surface area (Å²) in [4.78, 5) is 4.25. The number of aryl methyl sites for hydroxylation is 1. The zero-order valence-electron chi connectivity index (χ0n) is 7.63.